The van der Waals surface area contributed by atoms with Gasteiger partial charge in [-0.15, -0.1) is 0 Å². The molecule has 16 heavy (non-hydrogen) atoms. The van der Waals surface area contributed by atoms with Crippen LogP contribution in [-0.4, -0.2) is 42.5 Å². The molecule has 8 heteroatoms. The van der Waals surface area contributed by atoms with E-state index in [1.54, 1.807) is 0 Å². The lowest BCUT2D eigenvalue weighted by atomic mass is 10.4. The molecule has 0 unspecified atom stereocenters. The van der Waals surface area contributed by atoms with Crippen molar-refractivity contribution < 1.29 is 19.8 Å². The zero-order valence-corrected chi connectivity index (χ0v) is 7.91. The number of hydrogen-bond acceptors (Lipinski definition) is 4. The average Bonchev–Trinajstić information content (AvgIpc) is 2.93. The molecule has 84 valence electrons. The molecule has 0 amide bonds. The number of hydrogen-bond donors (Lipinski definition) is 4. The van der Waals surface area contributed by atoms with Crippen LogP contribution in [0.5, 0.6) is 0 Å². The van der Waals surface area contributed by atoms with Gasteiger partial charge in [0.05, 0.1) is 23.5 Å². The fourth-order valence-electron chi connectivity index (χ4n) is 0.736. The molecule has 0 saturated carbocycles. The van der Waals surface area contributed by atoms with Gasteiger partial charge in [0.25, 0.3) is 0 Å². The number of carbonyl (C=O) groups is 2. The van der Waals surface area contributed by atoms with E-state index in [1.807, 2.05) is 0 Å². The second kappa shape index (κ2) is 5.29. The van der Waals surface area contributed by atoms with E-state index in [0.717, 1.165) is 0 Å². The van der Waals surface area contributed by atoms with Crippen molar-refractivity contribution in [3.8, 4) is 0 Å². The first-order chi connectivity index (χ1) is 7.61. The molecule has 0 aliphatic rings. The molecule has 0 saturated heterocycles. The Labute approximate surface area is 88.9 Å². The Hall–Kier alpha value is -2.64. The number of nitrogens with one attached hydrogen (secondary N) is 2. The molecule has 2 rings (SSSR count). The molecule has 0 aromatic carbocycles. The number of rotatable bonds is 2. The Bertz CT molecular complexity index is 404. The highest BCUT2D eigenvalue weighted by Crippen LogP contribution is 1.90. The monoisotopic (exact) mass is 224 g/mol. The molecule has 0 bridgehead atoms. The molecule has 4 N–H and O–H groups in total. The lowest BCUT2D eigenvalue weighted by Crippen LogP contribution is -1.91. The minimum Gasteiger partial charge on any atom is -0.478 e. The topological polar surface area (TPSA) is 132 Å². The first kappa shape index (κ1) is 11.4. The fraction of sp³-hybridized carbons (Fsp3) is 0. The van der Waals surface area contributed by atoms with Gasteiger partial charge in [-0.25, -0.2) is 9.59 Å². The zero-order valence-electron chi connectivity index (χ0n) is 7.91. The first-order valence-corrected chi connectivity index (χ1v) is 4.05. The Morgan fingerprint density at radius 3 is 1.44 bits per heavy atom. The van der Waals surface area contributed by atoms with Crippen molar-refractivity contribution in [2.75, 3.05) is 0 Å². The highest BCUT2D eigenvalue weighted by atomic mass is 16.4. The van der Waals surface area contributed by atoms with E-state index in [1.165, 1.54) is 24.8 Å². The van der Waals surface area contributed by atoms with Gasteiger partial charge in [0, 0.05) is 12.4 Å². The summed E-state index contributed by atoms with van der Waals surface area (Å²) >= 11 is 0. The van der Waals surface area contributed by atoms with Gasteiger partial charge >= 0.3 is 11.9 Å². The minimum absolute atomic E-state index is 0.185. The number of carboxylic acids is 2. The van der Waals surface area contributed by atoms with Crippen LogP contribution in [0, 0.1) is 0 Å². The SMILES string of the molecule is O=C(O)c1cn[nH]c1.O=C(O)c1cn[nH]c1. The van der Waals surface area contributed by atoms with Crippen molar-refractivity contribution in [1.29, 1.82) is 0 Å². The summed E-state index contributed by atoms with van der Waals surface area (Å²) in [5.41, 5.74) is 0.370. The Morgan fingerprint density at radius 2 is 1.31 bits per heavy atom. The van der Waals surface area contributed by atoms with E-state index in [0.29, 0.717) is 0 Å². The molecule has 0 aliphatic heterocycles. The predicted octanol–water partition coefficient (Wildman–Crippen LogP) is 0.216. The van der Waals surface area contributed by atoms with Gasteiger partial charge in [-0.1, -0.05) is 0 Å². The summed E-state index contributed by atoms with van der Waals surface area (Å²) in [5, 5.41) is 28.1. The van der Waals surface area contributed by atoms with Crippen LogP contribution >= 0.6 is 0 Å². The molecule has 0 aliphatic carbocycles. The third-order valence-corrected chi connectivity index (χ3v) is 1.49. The van der Waals surface area contributed by atoms with Crippen molar-refractivity contribution in [1.82, 2.24) is 20.4 Å². The molecule has 2 aromatic rings. The van der Waals surface area contributed by atoms with E-state index >= 15 is 0 Å². The summed E-state index contributed by atoms with van der Waals surface area (Å²) < 4.78 is 0. The maximum absolute atomic E-state index is 10.0. The lowest BCUT2D eigenvalue weighted by molar-refractivity contribution is 0.0686. The number of H-pyrrole nitrogens is 2. The molecular formula is C8H8N4O4. The maximum atomic E-state index is 10.0. The number of aromatic amines is 2. The van der Waals surface area contributed by atoms with Crippen LogP contribution in [0.4, 0.5) is 0 Å². The molecule has 8 nitrogen and oxygen atoms in total. The third kappa shape index (κ3) is 3.25. The van der Waals surface area contributed by atoms with Crippen LogP contribution in [-0.2, 0) is 0 Å². The largest absolute Gasteiger partial charge is 0.478 e. The summed E-state index contributed by atoms with van der Waals surface area (Å²) in [6.45, 7) is 0. The van der Waals surface area contributed by atoms with Gasteiger partial charge in [0.2, 0.25) is 0 Å². The zero-order chi connectivity index (χ0) is 12.0. The summed E-state index contributed by atoms with van der Waals surface area (Å²) in [5.74, 6) is -1.92. The van der Waals surface area contributed by atoms with Gasteiger partial charge in [-0.3, -0.25) is 10.2 Å². The summed E-state index contributed by atoms with van der Waals surface area (Å²) in [6.07, 6.45) is 5.15. The highest BCUT2D eigenvalue weighted by Gasteiger charge is 2.00. The predicted molar refractivity (Wildman–Crippen MR) is 51.1 cm³/mol. The number of carboxylic acid groups (broad SMARTS) is 2. The van der Waals surface area contributed by atoms with Crippen LogP contribution in [0.1, 0.15) is 20.7 Å². The Morgan fingerprint density at radius 1 is 0.938 bits per heavy atom. The number of nitrogens with zero attached hydrogens (tertiary/aromatic N) is 2. The van der Waals surface area contributed by atoms with Gasteiger partial charge < -0.3 is 10.2 Å². The normalized spacial score (nSPS) is 9.00. The smallest absolute Gasteiger partial charge is 0.338 e. The first-order valence-electron chi connectivity index (χ1n) is 4.05. The standard InChI is InChI=1S/2C4H4N2O2/c2*7-4(8)3-1-5-6-2-3/h2*1-2H,(H,5,6)(H,7,8). The van der Waals surface area contributed by atoms with Crippen LogP contribution < -0.4 is 0 Å². The molecule has 0 spiro atoms. The van der Waals surface area contributed by atoms with Gasteiger partial charge in [0.1, 0.15) is 0 Å². The van der Waals surface area contributed by atoms with Crippen LogP contribution in [0.25, 0.3) is 0 Å². The maximum Gasteiger partial charge on any atom is 0.338 e. The summed E-state index contributed by atoms with van der Waals surface area (Å²) in [4.78, 5) is 20.0. The van der Waals surface area contributed by atoms with Crippen molar-refractivity contribution in [3.63, 3.8) is 0 Å². The van der Waals surface area contributed by atoms with Crippen LogP contribution in [0.2, 0.25) is 0 Å². The summed E-state index contributed by atoms with van der Waals surface area (Å²) in [7, 11) is 0. The Kier molecular flexibility index (Phi) is 3.78. The fourth-order valence-corrected chi connectivity index (χ4v) is 0.736. The molecule has 0 radical (unpaired) electrons. The van der Waals surface area contributed by atoms with Gasteiger partial charge in [0.15, 0.2) is 0 Å². The summed E-state index contributed by atoms with van der Waals surface area (Å²) in [6, 6.07) is 0. The minimum atomic E-state index is -0.959. The molecular weight excluding hydrogens is 216 g/mol. The van der Waals surface area contributed by atoms with Crippen LogP contribution in [0.3, 0.4) is 0 Å². The third-order valence-electron chi connectivity index (χ3n) is 1.49. The molecule has 0 fully saturated rings. The second-order valence-corrected chi connectivity index (χ2v) is 2.58. The number of aromatic nitrogens is 4. The van der Waals surface area contributed by atoms with Crippen LogP contribution in [0.15, 0.2) is 24.8 Å². The van der Waals surface area contributed by atoms with Crippen molar-refractivity contribution >= 4 is 11.9 Å². The van der Waals surface area contributed by atoms with E-state index < -0.39 is 11.9 Å². The van der Waals surface area contributed by atoms with E-state index in [-0.39, 0.29) is 11.1 Å². The number of aromatic carboxylic acids is 2. The van der Waals surface area contributed by atoms with E-state index in [2.05, 4.69) is 20.4 Å². The van der Waals surface area contributed by atoms with Gasteiger partial charge in [-0.05, 0) is 0 Å². The molecule has 2 heterocycles. The molecule has 2 aromatic heterocycles. The lowest BCUT2D eigenvalue weighted by Gasteiger charge is -1.77. The van der Waals surface area contributed by atoms with Gasteiger partial charge in [-0.2, -0.15) is 10.2 Å². The highest BCUT2D eigenvalue weighted by molar-refractivity contribution is 5.87. The van der Waals surface area contributed by atoms with E-state index in [4.69, 9.17) is 10.2 Å². The van der Waals surface area contributed by atoms with Crippen molar-refractivity contribution in [3.05, 3.63) is 35.9 Å². The Balaban J connectivity index is 0.000000160. The van der Waals surface area contributed by atoms with Crippen molar-refractivity contribution in [2.45, 2.75) is 0 Å². The average molecular weight is 224 g/mol. The van der Waals surface area contributed by atoms with Crippen molar-refractivity contribution in [2.24, 2.45) is 0 Å². The second-order valence-electron chi connectivity index (χ2n) is 2.58. The molecule has 0 atom stereocenters. The quantitative estimate of drug-likeness (QED) is 0.576. The van der Waals surface area contributed by atoms with E-state index in [9.17, 15) is 9.59 Å².